The van der Waals surface area contributed by atoms with Crippen molar-refractivity contribution in [2.75, 3.05) is 20.2 Å². The number of H-pyrrole nitrogens is 2. The maximum atomic E-state index is 12.5. The van der Waals surface area contributed by atoms with Crippen LogP contribution < -0.4 is 5.69 Å². The second-order valence-electron chi connectivity index (χ2n) is 4.29. The van der Waals surface area contributed by atoms with Crippen LogP contribution in [0.4, 0.5) is 0 Å². The highest BCUT2D eigenvalue weighted by molar-refractivity contribution is 7.89. The van der Waals surface area contributed by atoms with Crippen LogP contribution in [0.1, 0.15) is 6.92 Å². The fraction of sp³-hybridized carbons (Fsp3) is 0.333. The molecule has 2 rings (SSSR count). The van der Waals surface area contributed by atoms with Gasteiger partial charge < -0.3 is 14.7 Å². The first-order valence-corrected chi connectivity index (χ1v) is 7.61. The number of aromatic amines is 2. The number of rotatable bonds is 5. The number of likely N-dealkylation sites (N-methyl/N-ethyl adjacent to an activating group) is 1. The van der Waals surface area contributed by atoms with Crippen LogP contribution in [0.5, 0.6) is 0 Å². The maximum absolute atomic E-state index is 12.5. The lowest BCUT2D eigenvalue weighted by atomic mass is 10.3. The first-order chi connectivity index (χ1) is 9.88. The van der Waals surface area contributed by atoms with Crippen LogP contribution in [-0.2, 0) is 19.6 Å². The first kappa shape index (κ1) is 15.3. The predicted molar refractivity (Wildman–Crippen MR) is 75.4 cm³/mol. The average Bonchev–Trinajstić information content (AvgIpc) is 2.83. The molecule has 1 aromatic carbocycles. The highest BCUT2D eigenvalue weighted by Gasteiger charge is 2.26. The van der Waals surface area contributed by atoms with E-state index in [9.17, 15) is 18.0 Å². The van der Waals surface area contributed by atoms with E-state index in [1.165, 1.54) is 25.3 Å². The van der Waals surface area contributed by atoms with Crippen molar-refractivity contribution in [3.63, 3.8) is 0 Å². The van der Waals surface area contributed by atoms with E-state index in [2.05, 4.69) is 14.7 Å². The minimum atomic E-state index is -3.84. The van der Waals surface area contributed by atoms with Crippen molar-refractivity contribution in [2.45, 2.75) is 11.8 Å². The van der Waals surface area contributed by atoms with Crippen molar-refractivity contribution in [3.05, 3.63) is 28.7 Å². The second kappa shape index (κ2) is 5.70. The molecule has 8 nitrogen and oxygen atoms in total. The predicted octanol–water partition coefficient (Wildman–Crippen LogP) is 0.0398. The Morgan fingerprint density at radius 2 is 1.95 bits per heavy atom. The quantitative estimate of drug-likeness (QED) is 0.757. The molecule has 0 spiro atoms. The van der Waals surface area contributed by atoms with Gasteiger partial charge in [0.1, 0.15) is 6.54 Å². The van der Waals surface area contributed by atoms with Crippen molar-refractivity contribution < 1.29 is 17.9 Å². The van der Waals surface area contributed by atoms with E-state index < -0.39 is 21.7 Å². The molecule has 0 aliphatic rings. The monoisotopic (exact) mass is 313 g/mol. The van der Waals surface area contributed by atoms with Crippen LogP contribution in [-0.4, -0.2) is 48.9 Å². The zero-order chi connectivity index (χ0) is 15.6. The summed E-state index contributed by atoms with van der Waals surface area (Å²) in [5, 5.41) is 0. The van der Waals surface area contributed by atoms with E-state index in [4.69, 9.17) is 0 Å². The van der Waals surface area contributed by atoms with E-state index in [0.717, 1.165) is 4.31 Å². The van der Waals surface area contributed by atoms with Crippen molar-refractivity contribution in [1.29, 1.82) is 0 Å². The fourth-order valence-electron chi connectivity index (χ4n) is 1.90. The molecule has 0 saturated carbocycles. The maximum Gasteiger partial charge on any atom is 0.323 e. The Bertz CT molecular complexity index is 821. The molecule has 0 radical (unpaired) electrons. The van der Waals surface area contributed by atoms with Crippen LogP contribution >= 0.6 is 0 Å². The van der Waals surface area contributed by atoms with Gasteiger partial charge in [0, 0.05) is 6.54 Å². The van der Waals surface area contributed by atoms with E-state index in [-0.39, 0.29) is 18.0 Å². The molecule has 2 N–H and O–H groups in total. The number of sulfonamides is 1. The summed E-state index contributed by atoms with van der Waals surface area (Å²) < 4.78 is 30.5. The number of hydrogen-bond acceptors (Lipinski definition) is 5. The van der Waals surface area contributed by atoms with Crippen LogP contribution in [0.2, 0.25) is 0 Å². The molecule has 21 heavy (non-hydrogen) atoms. The molecule has 0 atom stereocenters. The Morgan fingerprint density at radius 3 is 2.57 bits per heavy atom. The number of benzene rings is 1. The van der Waals surface area contributed by atoms with Crippen molar-refractivity contribution in [3.8, 4) is 0 Å². The Morgan fingerprint density at radius 1 is 1.29 bits per heavy atom. The average molecular weight is 313 g/mol. The van der Waals surface area contributed by atoms with Gasteiger partial charge in [0.25, 0.3) is 0 Å². The summed E-state index contributed by atoms with van der Waals surface area (Å²) in [5.41, 5.74) is 0.478. The SMILES string of the molecule is CCN(CC(=O)OC)S(=O)(=O)c1ccc2[nH]c(=O)[nH]c2c1. The molecule has 0 fully saturated rings. The van der Waals surface area contributed by atoms with Crippen LogP contribution in [0, 0.1) is 0 Å². The van der Waals surface area contributed by atoms with Gasteiger partial charge in [-0.05, 0) is 18.2 Å². The summed E-state index contributed by atoms with van der Waals surface area (Å²) >= 11 is 0. The van der Waals surface area contributed by atoms with Crippen LogP contribution in [0.25, 0.3) is 11.0 Å². The van der Waals surface area contributed by atoms with Gasteiger partial charge in [-0.25, -0.2) is 13.2 Å². The number of nitrogens with one attached hydrogen (secondary N) is 2. The van der Waals surface area contributed by atoms with Gasteiger partial charge in [0.15, 0.2) is 0 Å². The van der Waals surface area contributed by atoms with Gasteiger partial charge in [0.2, 0.25) is 10.0 Å². The largest absolute Gasteiger partial charge is 0.468 e. The molecule has 0 aliphatic carbocycles. The molecule has 0 amide bonds. The van der Waals surface area contributed by atoms with Crippen LogP contribution in [0.15, 0.2) is 27.9 Å². The van der Waals surface area contributed by atoms with Crippen molar-refractivity contribution in [2.24, 2.45) is 0 Å². The topological polar surface area (TPSA) is 112 Å². The number of nitrogens with zero attached hydrogens (tertiary/aromatic N) is 1. The van der Waals surface area contributed by atoms with Gasteiger partial charge in [-0.2, -0.15) is 4.31 Å². The van der Waals surface area contributed by atoms with E-state index >= 15 is 0 Å². The second-order valence-corrected chi connectivity index (χ2v) is 6.23. The standard InChI is InChI=1S/C12H15N3O5S/c1-3-15(7-11(16)20-2)21(18,19)8-4-5-9-10(6-8)14-12(17)13-9/h4-6H,3,7H2,1-2H3,(H2,13,14,17). The lowest BCUT2D eigenvalue weighted by molar-refractivity contribution is -0.140. The molecule has 0 aliphatic heterocycles. The number of imidazole rings is 1. The fourth-order valence-corrected chi connectivity index (χ4v) is 3.32. The third-order valence-corrected chi connectivity index (χ3v) is 4.93. The normalized spacial score (nSPS) is 12.0. The van der Waals surface area contributed by atoms with Gasteiger partial charge in [-0.1, -0.05) is 6.92 Å². The summed E-state index contributed by atoms with van der Waals surface area (Å²) in [4.78, 5) is 27.5. The summed E-state index contributed by atoms with van der Waals surface area (Å²) in [6.45, 7) is 1.38. The van der Waals surface area contributed by atoms with E-state index in [0.29, 0.717) is 11.0 Å². The van der Waals surface area contributed by atoms with Gasteiger partial charge in [-0.15, -0.1) is 0 Å². The zero-order valence-electron chi connectivity index (χ0n) is 11.5. The zero-order valence-corrected chi connectivity index (χ0v) is 12.4. The molecular formula is C12H15N3O5S. The third-order valence-electron chi connectivity index (χ3n) is 3.01. The lowest BCUT2D eigenvalue weighted by Crippen LogP contribution is -2.36. The molecule has 0 bridgehead atoms. The first-order valence-electron chi connectivity index (χ1n) is 6.17. The summed E-state index contributed by atoms with van der Waals surface area (Å²) in [6.07, 6.45) is 0. The highest BCUT2D eigenvalue weighted by Crippen LogP contribution is 2.19. The lowest BCUT2D eigenvalue weighted by Gasteiger charge is -2.19. The minimum absolute atomic E-state index is 0.00370. The Labute approximate surface area is 120 Å². The Balaban J connectivity index is 2.43. The molecule has 2 aromatic rings. The highest BCUT2D eigenvalue weighted by atomic mass is 32.2. The van der Waals surface area contributed by atoms with Gasteiger partial charge >= 0.3 is 11.7 Å². The molecule has 0 unspecified atom stereocenters. The van der Waals surface area contributed by atoms with Crippen LogP contribution in [0.3, 0.4) is 0 Å². The van der Waals surface area contributed by atoms with E-state index in [1.807, 2.05) is 0 Å². The summed E-state index contributed by atoms with van der Waals surface area (Å²) in [6, 6.07) is 4.22. The molecule has 0 saturated heterocycles. The summed E-state index contributed by atoms with van der Waals surface area (Å²) in [5.74, 6) is -0.642. The number of hydrogen-bond donors (Lipinski definition) is 2. The van der Waals surface area contributed by atoms with Gasteiger partial charge in [0.05, 0.1) is 23.0 Å². The number of methoxy groups -OCH3 is 1. The summed E-state index contributed by atoms with van der Waals surface area (Å²) in [7, 11) is -2.65. The molecule has 1 heterocycles. The Hall–Kier alpha value is -2.13. The van der Waals surface area contributed by atoms with Crippen molar-refractivity contribution >= 4 is 27.0 Å². The van der Waals surface area contributed by atoms with Gasteiger partial charge in [-0.3, -0.25) is 4.79 Å². The number of carbonyl (C=O) groups excluding carboxylic acids is 1. The smallest absolute Gasteiger partial charge is 0.323 e. The number of fused-ring (bicyclic) bond motifs is 1. The molecule has 1 aromatic heterocycles. The minimum Gasteiger partial charge on any atom is -0.468 e. The number of carbonyl (C=O) groups is 1. The van der Waals surface area contributed by atoms with E-state index in [1.54, 1.807) is 6.92 Å². The number of aromatic nitrogens is 2. The molecule has 114 valence electrons. The Kier molecular flexibility index (Phi) is 4.14. The molecule has 9 heteroatoms. The van der Waals surface area contributed by atoms with Crippen molar-refractivity contribution in [1.82, 2.24) is 14.3 Å². The molecular weight excluding hydrogens is 298 g/mol. The number of esters is 1. The number of ether oxygens (including phenoxy) is 1. The third kappa shape index (κ3) is 2.98.